The molecule has 316 valence electrons. The molecule has 0 amide bonds. The quantitative estimate of drug-likeness (QED) is 0.0219. The zero-order chi connectivity index (χ0) is 40.7. The second-order valence-corrected chi connectivity index (χ2v) is 15.6. The van der Waals surface area contributed by atoms with E-state index < -0.39 is 18.1 Å². The topological polar surface area (TPSA) is 99.1 Å². The summed E-state index contributed by atoms with van der Waals surface area (Å²) in [4.78, 5) is 36.9. The van der Waals surface area contributed by atoms with Gasteiger partial charge in [-0.2, -0.15) is 0 Å². The molecule has 0 radical (unpaired) electrons. The maximum Gasteiger partial charge on any atom is 0.362 e. The Labute approximate surface area is 337 Å². The van der Waals surface area contributed by atoms with E-state index in [9.17, 15) is 19.5 Å². The SMILES string of the molecule is CC/C=C/C/C=C/C/C=C/CCCCCCCCCCCCC(=O)OCC(COCCC(C(=O)O)[N+](C)(C)C)OC(=O)CCCCC/C=C/C=C/CCCC. The molecule has 8 nitrogen and oxygen atoms in total. The van der Waals surface area contributed by atoms with E-state index in [4.69, 9.17) is 14.2 Å². The number of carboxylic acids is 1. The van der Waals surface area contributed by atoms with Crippen LogP contribution in [-0.2, 0) is 28.6 Å². The molecule has 2 atom stereocenters. The van der Waals surface area contributed by atoms with Crippen LogP contribution in [0.2, 0.25) is 0 Å². The monoisotopic (exact) mass is 773 g/mol. The molecule has 0 saturated heterocycles. The lowest BCUT2D eigenvalue weighted by Gasteiger charge is -2.31. The Hall–Kier alpha value is -2.97. The molecule has 0 aliphatic heterocycles. The lowest BCUT2D eigenvalue weighted by Crippen LogP contribution is -2.50. The van der Waals surface area contributed by atoms with Gasteiger partial charge < -0.3 is 23.8 Å². The number of ether oxygens (including phenoxy) is 3. The molecule has 0 aromatic heterocycles. The van der Waals surface area contributed by atoms with Gasteiger partial charge in [-0.15, -0.1) is 0 Å². The van der Waals surface area contributed by atoms with Crippen LogP contribution >= 0.6 is 0 Å². The van der Waals surface area contributed by atoms with E-state index in [1.54, 1.807) is 0 Å². The minimum atomic E-state index is -0.882. The second kappa shape index (κ2) is 37.9. The van der Waals surface area contributed by atoms with Gasteiger partial charge in [0.15, 0.2) is 12.1 Å². The van der Waals surface area contributed by atoms with Gasteiger partial charge in [-0.25, -0.2) is 4.79 Å². The molecule has 0 bridgehead atoms. The van der Waals surface area contributed by atoms with Crippen molar-refractivity contribution in [3.63, 3.8) is 0 Å². The van der Waals surface area contributed by atoms with E-state index in [1.807, 2.05) is 21.1 Å². The smallest absolute Gasteiger partial charge is 0.362 e. The molecule has 0 aliphatic rings. The molecule has 1 N–H and O–H groups in total. The van der Waals surface area contributed by atoms with Gasteiger partial charge in [-0.05, 0) is 64.2 Å². The Bertz CT molecular complexity index is 1090. The number of quaternary nitrogens is 1. The first-order chi connectivity index (χ1) is 26.6. The summed E-state index contributed by atoms with van der Waals surface area (Å²) in [6.07, 6.45) is 45.5. The number of rotatable bonds is 38. The Morgan fingerprint density at radius 3 is 1.64 bits per heavy atom. The van der Waals surface area contributed by atoms with Gasteiger partial charge in [-0.3, -0.25) is 9.59 Å². The van der Waals surface area contributed by atoms with Gasteiger partial charge in [0.2, 0.25) is 0 Å². The van der Waals surface area contributed by atoms with E-state index >= 15 is 0 Å². The molecule has 8 heteroatoms. The maximum atomic E-state index is 12.7. The second-order valence-electron chi connectivity index (χ2n) is 15.6. The summed E-state index contributed by atoms with van der Waals surface area (Å²) in [7, 11) is 5.51. The van der Waals surface area contributed by atoms with Crippen molar-refractivity contribution in [2.24, 2.45) is 0 Å². The van der Waals surface area contributed by atoms with Crippen molar-refractivity contribution in [2.45, 2.75) is 180 Å². The molecule has 0 rings (SSSR count). The molecular weight excluding hydrogens is 691 g/mol. The zero-order valence-corrected chi connectivity index (χ0v) is 35.9. The fraction of sp³-hybridized carbons (Fsp3) is 0.723. The van der Waals surface area contributed by atoms with Gasteiger partial charge >= 0.3 is 17.9 Å². The number of likely N-dealkylation sites (N-methyl/N-ethyl adjacent to an activating group) is 1. The van der Waals surface area contributed by atoms with Crippen molar-refractivity contribution in [2.75, 3.05) is 41.0 Å². The summed E-state index contributed by atoms with van der Waals surface area (Å²) in [6, 6.07) is -0.621. The molecular formula is C47H82NO7+. The van der Waals surface area contributed by atoms with Crippen molar-refractivity contribution in [3.8, 4) is 0 Å². The highest BCUT2D eigenvalue weighted by Crippen LogP contribution is 2.14. The van der Waals surface area contributed by atoms with Crippen LogP contribution in [0.1, 0.15) is 168 Å². The van der Waals surface area contributed by atoms with Gasteiger partial charge in [0.05, 0.1) is 34.4 Å². The molecule has 2 unspecified atom stereocenters. The number of hydrogen-bond acceptors (Lipinski definition) is 6. The third kappa shape index (κ3) is 36.4. The Kier molecular flexibility index (Phi) is 35.9. The first-order valence-corrected chi connectivity index (χ1v) is 21.8. The molecule has 0 aliphatic carbocycles. The van der Waals surface area contributed by atoms with Gasteiger partial charge in [0, 0.05) is 19.3 Å². The van der Waals surface area contributed by atoms with Crippen LogP contribution < -0.4 is 0 Å². The number of unbranched alkanes of at least 4 members (excludes halogenated alkanes) is 15. The number of carbonyl (C=O) groups is 3. The number of allylic oxidation sites excluding steroid dienone is 10. The minimum Gasteiger partial charge on any atom is -0.477 e. The average Bonchev–Trinajstić information content (AvgIpc) is 3.14. The standard InChI is InChI=1S/C47H81NO7/c1-6-8-10-12-14-16-18-19-20-21-22-23-24-25-26-28-29-31-33-35-37-45(49)54-42-43(41-53-40-39-44(47(51)52)48(3,4)5)55-46(50)38-36-34-32-30-27-17-15-13-11-9-7-2/h8,10,13-17,19-20,27,43-44H,6-7,9,11-12,18,21-26,28-42H2,1-5H3/p+1/b10-8+,15-13+,16-14+,20-19+,27-17+. The predicted molar refractivity (Wildman–Crippen MR) is 229 cm³/mol. The highest BCUT2D eigenvalue weighted by molar-refractivity contribution is 5.72. The van der Waals surface area contributed by atoms with Gasteiger partial charge in [0.25, 0.3) is 0 Å². The van der Waals surface area contributed by atoms with Crippen molar-refractivity contribution in [1.82, 2.24) is 0 Å². The Balaban J connectivity index is 4.30. The third-order valence-electron chi connectivity index (χ3n) is 9.43. The summed E-state index contributed by atoms with van der Waals surface area (Å²) in [5, 5.41) is 9.60. The summed E-state index contributed by atoms with van der Waals surface area (Å²) >= 11 is 0. The van der Waals surface area contributed by atoms with Crippen LogP contribution in [-0.4, -0.2) is 80.6 Å². The van der Waals surface area contributed by atoms with Crippen LogP contribution in [0, 0.1) is 0 Å². The summed E-state index contributed by atoms with van der Waals surface area (Å²) in [6.45, 7) is 4.53. The molecule has 0 spiro atoms. The van der Waals surface area contributed by atoms with E-state index in [1.165, 1.54) is 64.2 Å². The zero-order valence-electron chi connectivity index (χ0n) is 35.9. The van der Waals surface area contributed by atoms with Crippen molar-refractivity contribution < 1.29 is 38.2 Å². The number of carbonyl (C=O) groups excluding carboxylic acids is 2. The van der Waals surface area contributed by atoms with Crippen molar-refractivity contribution in [1.29, 1.82) is 0 Å². The van der Waals surface area contributed by atoms with Crippen LogP contribution in [0.25, 0.3) is 0 Å². The molecule has 0 saturated carbocycles. The van der Waals surface area contributed by atoms with Gasteiger partial charge in [0.1, 0.15) is 6.61 Å². The molecule has 0 fully saturated rings. The summed E-state index contributed by atoms with van der Waals surface area (Å²) in [5.41, 5.74) is 0. The highest BCUT2D eigenvalue weighted by Gasteiger charge is 2.31. The number of aliphatic carboxylic acids is 1. The normalized spacial score (nSPS) is 13.5. The first-order valence-electron chi connectivity index (χ1n) is 21.8. The Morgan fingerprint density at radius 2 is 1.07 bits per heavy atom. The lowest BCUT2D eigenvalue weighted by molar-refractivity contribution is -0.887. The molecule has 55 heavy (non-hydrogen) atoms. The van der Waals surface area contributed by atoms with Crippen LogP contribution in [0.4, 0.5) is 0 Å². The molecule has 0 heterocycles. The number of esters is 2. The maximum absolute atomic E-state index is 12.7. The first kappa shape index (κ1) is 52.0. The average molecular weight is 773 g/mol. The van der Waals surface area contributed by atoms with Crippen LogP contribution in [0.15, 0.2) is 60.8 Å². The fourth-order valence-corrected chi connectivity index (χ4v) is 6.02. The van der Waals surface area contributed by atoms with E-state index in [-0.39, 0.29) is 36.2 Å². The van der Waals surface area contributed by atoms with Crippen LogP contribution in [0.5, 0.6) is 0 Å². The van der Waals surface area contributed by atoms with Crippen LogP contribution in [0.3, 0.4) is 0 Å². The van der Waals surface area contributed by atoms with E-state index in [0.717, 1.165) is 70.6 Å². The summed E-state index contributed by atoms with van der Waals surface area (Å²) < 4.78 is 17.2. The lowest BCUT2D eigenvalue weighted by atomic mass is 10.1. The predicted octanol–water partition coefficient (Wildman–Crippen LogP) is 11.8. The summed E-state index contributed by atoms with van der Waals surface area (Å²) in [5.74, 6) is -1.51. The fourth-order valence-electron chi connectivity index (χ4n) is 6.02. The largest absolute Gasteiger partial charge is 0.477 e. The molecule has 0 aromatic rings. The number of carboxylic acid groups (broad SMARTS) is 1. The van der Waals surface area contributed by atoms with Crippen molar-refractivity contribution >= 4 is 17.9 Å². The number of nitrogens with zero attached hydrogens (tertiary/aromatic N) is 1. The highest BCUT2D eigenvalue weighted by atomic mass is 16.6. The van der Waals surface area contributed by atoms with Crippen molar-refractivity contribution in [3.05, 3.63) is 60.8 Å². The molecule has 0 aromatic carbocycles. The minimum absolute atomic E-state index is 0.0472. The number of hydrogen-bond donors (Lipinski definition) is 1. The van der Waals surface area contributed by atoms with Gasteiger partial charge in [-0.1, -0.05) is 145 Å². The van der Waals surface area contributed by atoms with E-state index in [0.29, 0.717) is 19.3 Å². The Morgan fingerprint density at radius 1 is 0.582 bits per heavy atom. The third-order valence-corrected chi connectivity index (χ3v) is 9.43. The van der Waals surface area contributed by atoms with E-state index in [2.05, 4.69) is 74.6 Å².